The number of nitriles is 1. The van der Waals surface area contributed by atoms with Crippen LogP contribution in [0.4, 0.5) is 18.9 Å². The molecule has 2 fully saturated rings. The molecular weight excluding hydrogens is 477 g/mol. The smallest absolute Gasteiger partial charge is 0.268 e. The molecule has 3 aromatic rings. The van der Waals surface area contributed by atoms with Gasteiger partial charge in [0.1, 0.15) is 30.0 Å². The fraction of sp³-hybridized carbons (Fsp3) is 0.375. The van der Waals surface area contributed by atoms with Gasteiger partial charge < -0.3 is 14.5 Å². The maximum absolute atomic E-state index is 15.0. The molecule has 1 unspecified atom stereocenters. The maximum Gasteiger partial charge on any atom is 0.268 e. The second-order valence-corrected chi connectivity index (χ2v) is 9.43. The van der Waals surface area contributed by atoms with Gasteiger partial charge in [-0.2, -0.15) is 10.4 Å². The van der Waals surface area contributed by atoms with E-state index in [9.17, 15) is 23.6 Å². The quantitative estimate of drug-likeness (QED) is 0.594. The molecule has 184 valence electrons. The first-order chi connectivity index (χ1) is 17.2. The molecule has 1 saturated carbocycles. The van der Waals surface area contributed by atoms with E-state index in [1.807, 2.05) is 0 Å². The monoisotopic (exact) mass is 496 g/mol. The number of carbonyl (C=O) groups excluding carboxylic acids is 2. The summed E-state index contributed by atoms with van der Waals surface area (Å²) in [6.07, 6.45) is 0.708. The number of amides is 2. The molecule has 12 heteroatoms. The second kappa shape index (κ2) is 7.68. The molecule has 3 aliphatic rings. The standard InChI is InChI=1S/C24H19F3N6O3/c25-15-2-1-3-18-21(15)23(7-14(8-23)36-19-5-4-16-17(30-19)10-29-31-16)22(35)32(18)11-20(34)33-12-24(26,27)6-13(33)9-28/h1-5,10,13-14H,6-8,11-12H2,(H,29,31). The van der Waals surface area contributed by atoms with Crippen LogP contribution in [0.25, 0.3) is 11.0 Å². The van der Waals surface area contributed by atoms with Gasteiger partial charge in [0.25, 0.3) is 5.92 Å². The van der Waals surface area contributed by atoms with Gasteiger partial charge in [0.2, 0.25) is 17.7 Å². The first-order valence-electron chi connectivity index (χ1n) is 11.4. The number of carbonyl (C=O) groups is 2. The Morgan fingerprint density at radius 3 is 2.83 bits per heavy atom. The van der Waals surface area contributed by atoms with Crippen molar-refractivity contribution in [2.75, 3.05) is 18.0 Å². The van der Waals surface area contributed by atoms with E-state index in [2.05, 4.69) is 15.2 Å². The van der Waals surface area contributed by atoms with E-state index in [1.54, 1.807) is 24.4 Å². The number of nitrogens with zero attached hydrogens (tertiary/aromatic N) is 5. The van der Waals surface area contributed by atoms with Crippen LogP contribution in [-0.2, 0) is 15.0 Å². The normalized spacial score (nSPS) is 26.2. The maximum atomic E-state index is 15.0. The summed E-state index contributed by atoms with van der Waals surface area (Å²) in [6.45, 7) is -1.45. The van der Waals surface area contributed by atoms with E-state index in [4.69, 9.17) is 4.74 Å². The van der Waals surface area contributed by atoms with Crippen molar-refractivity contribution in [1.29, 1.82) is 5.26 Å². The molecule has 0 bridgehead atoms. The largest absolute Gasteiger partial charge is 0.474 e. The lowest BCUT2D eigenvalue weighted by Gasteiger charge is -2.43. The molecule has 2 amide bonds. The molecule has 1 spiro atoms. The van der Waals surface area contributed by atoms with E-state index in [-0.39, 0.29) is 24.1 Å². The van der Waals surface area contributed by atoms with Gasteiger partial charge in [0.15, 0.2) is 0 Å². The third-order valence-corrected chi connectivity index (χ3v) is 7.16. The molecule has 0 radical (unpaired) electrons. The Balaban J connectivity index is 1.23. The van der Waals surface area contributed by atoms with Crippen molar-refractivity contribution in [1.82, 2.24) is 20.1 Å². The Bertz CT molecular complexity index is 1440. The van der Waals surface area contributed by atoms with E-state index >= 15 is 4.39 Å². The van der Waals surface area contributed by atoms with Crippen LogP contribution >= 0.6 is 0 Å². The van der Waals surface area contributed by atoms with Gasteiger partial charge in [-0.3, -0.25) is 14.7 Å². The molecule has 1 aromatic carbocycles. The number of nitrogens with one attached hydrogen (secondary N) is 1. The number of hydrogen-bond donors (Lipinski definition) is 1. The van der Waals surface area contributed by atoms with Crippen molar-refractivity contribution in [3.05, 3.63) is 47.9 Å². The zero-order valence-electron chi connectivity index (χ0n) is 18.7. The average Bonchev–Trinajstić information content (AvgIpc) is 3.48. The third-order valence-electron chi connectivity index (χ3n) is 7.16. The van der Waals surface area contributed by atoms with Crippen LogP contribution in [-0.4, -0.2) is 63.1 Å². The highest BCUT2D eigenvalue weighted by atomic mass is 19.3. The Morgan fingerprint density at radius 2 is 2.06 bits per heavy atom. The lowest BCUT2D eigenvalue weighted by Crippen LogP contribution is -2.55. The van der Waals surface area contributed by atoms with Crippen molar-refractivity contribution in [3.8, 4) is 11.9 Å². The fourth-order valence-corrected chi connectivity index (χ4v) is 5.49. The van der Waals surface area contributed by atoms with Crippen molar-refractivity contribution < 1.29 is 27.5 Å². The number of likely N-dealkylation sites (tertiary alicyclic amines) is 1. The number of rotatable bonds is 4. The predicted octanol–water partition coefficient (Wildman–Crippen LogP) is 2.68. The summed E-state index contributed by atoms with van der Waals surface area (Å²) < 4.78 is 48.7. The van der Waals surface area contributed by atoms with Gasteiger partial charge in [-0.1, -0.05) is 6.07 Å². The zero-order valence-corrected chi connectivity index (χ0v) is 18.7. The number of fused-ring (bicyclic) bond motifs is 3. The van der Waals surface area contributed by atoms with Crippen LogP contribution in [0.3, 0.4) is 0 Å². The first kappa shape index (κ1) is 22.3. The number of pyridine rings is 1. The lowest BCUT2D eigenvalue weighted by atomic mass is 9.63. The van der Waals surface area contributed by atoms with Crippen LogP contribution in [0.15, 0.2) is 36.5 Å². The van der Waals surface area contributed by atoms with Crippen molar-refractivity contribution in [2.45, 2.75) is 42.7 Å². The molecule has 1 aliphatic carbocycles. The van der Waals surface area contributed by atoms with Crippen LogP contribution in [0.1, 0.15) is 24.8 Å². The highest BCUT2D eigenvalue weighted by molar-refractivity contribution is 6.11. The van der Waals surface area contributed by atoms with Crippen LogP contribution in [0.5, 0.6) is 5.88 Å². The molecule has 2 aliphatic heterocycles. The Hall–Kier alpha value is -4.14. The summed E-state index contributed by atoms with van der Waals surface area (Å²) in [5, 5.41) is 15.9. The summed E-state index contributed by atoms with van der Waals surface area (Å²) in [7, 11) is 0. The second-order valence-electron chi connectivity index (χ2n) is 9.43. The average molecular weight is 496 g/mol. The number of benzene rings is 1. The number of aromatic amines is 1. The van der Waals surface area contributed by atoms with Gasteiger partial charge >= 0.3 is 0 Å². The summed E-state index contributed by atoms with van der Waals surface area (Å²) >= 11 is 0. The number of aromatic nitrogens is 3. The van der Waals surface area contributed by atoms with Crippen molar-refractivity contribution in [2.24, 2.45) is 0 Å². The van der Waals surface area contributed by atoms with Gasteiger partial charge in [-0.25, -0.2) is 18.2 Å². The molecule has 1 N–H and O–H groups in total. The van der Waals surface area contributed by atoms with E-state index < -0.39 is 60.6 Å². The summed E-state index contributed by atoms with van der Waals surface area (Å²) in [5.74, 6) is -4.71. The molecular formula is C24H19F3N6O3. The summed E-state index contributed by atoms with van der Waals surface area (Å²) in [4.78, 5) is 32.8. The Labute approximate surface area is 202 Å². The van der Waals surface area contributed by atoms with Gasteiger partial charge in [0.05, 0.1) is 35.4 Å². The zero-order chi connectivity index (χ0) is 25.2. The number of halogens is 3. The van der Waals surface area contributed by atoms with Gasteiger partial charge in [-0.15, -0.1) is 0 Å². The summed E-state index contributed by atoms with van der Waals surface area (Å²) in [6, 6.07) is 8.07. The molecule has 9 nitrogen and oxygen atoms in total. The Morgan fingerprint density at radius 1 is 1.25 bits per heavy atom. The summed E-state index contributed by atoms with van der Waals surface area (Å²) in [5.41, 5.74) is 0.523. The SMILES string of the molecule is N#CC1CC(F)(F)CN1C(=O)CN1C(=O)C2(CC(Oc3ccc4[nH]ncc4n3)C2)c2c(F)cccc21. The van der Waals surface area contributed by atoms with E-state index in [0.717, 1.165) is 15.3 Å². The molecule has 2 aromatic heterocycles. The van der Waals surface area contributed by atoms with Crippen LogP contribution in [0.2, 0.25) is 0 Å². The molecule has 6 rings (SSSR count). The lowest BCUT2D eigenvalue weighted by molar-refractivity contribution is -0.135. The Kier molecular flexibility index (Phi) is 4.76. The predicted molar refractivity (Wildman–Crippen MR) is 119 cm³/mol. The highest BCUT2D eigenvalue weighted by Gasteiger charge is 2.61. The fourth-order valence-electron chi connectivity index (χ4n) is 5.49. The first-order valence-corrected chi connectivity index (χ1v) is 11.4. The van der Waals surface area contributed by atoms with Gasteiger partial charge in [0, 0.05) is 30.9 Å². The number of alkyl halides is 2. The van der Waals surface area contributed by atoms with Crippen LogP contribution in [0, 0.1) is 17.1 Å². The van der Waals surface area contributed by atoms with E-state index in [1.165, 1.54) is 18.2 Å². The minimum absolute atomic E-state index is 0.165. The minimum atomic E-state index is -3.18. The topological polar surface area (TPSA) is 115 Å². The third kappa shape index (κ3) is 3.30. The van der Waals surface area contributed by atoms with Crippen molar-refractivity contribution in [3.63, 3.8) is 0 Å². The van der Waals surface area contributed by atoms with Gasteiger partial charge in [-0.05, 0) is 18.2 Å². The molecule has 36 heavy (non-hydrogen) atoms. The van der Waals surface area contributed by atoms with E-state index in [0.29, 0.717) is 11.4 Å². The number of anilines is 1. The number of ether oxygens (including phenoxy) is 1. The minimum Gasteiger partial charge on any atom is -0.474 e. The molecule has 1 saturated heterocycles. The van der Waals surface area contributed by atoms with Crippen molar-refractivity contribution >= 4 is 28.5 Å². The molecule has 1 atom stereocenters. The molecule has 4 heterocycles. The van der Waals surface area contributed by atoms with Crippen LogP contribution < -0.4 is 9.64 Å². The number of hydrogen-bond acceptors (Lipinski definition) is 6. The number of H-pyrrole nitrogens is 1. The highest BCUT2D eigenvalue weighted by Crippen LogP contribution is 2.55.